The Kier molecular flexibility index (Phi) is 3.96. The van der Waals surface area contributed by atoms with Gasteiger partial charge in [0.2, 0.25) is 5.91 Å². The number of hydrogen-bond donors (Lipinski definition) is 1. The number of methoxy groups -OCH3 is 1. The highest BCUT2D eigenvalue weighted by atomic mass is 16.5. The smallest absolute Gasteiger partial charge is 0.357 e. The Morgan fingerprint density at radius 3 is 2.62 bits per heavy atom. The average molecular weight is 324 g/mol. The van der Waals surface area contributed by atoms with Gasteiger partial charge in [-0.1, -0.05) is 12.1 Å². The molecule has 2 aromatic rings. The molecule has 0 spiro atoms. The first-order chi connectivity index (χ1) is 11.6. The van der Waals surface area contributed by atoms with E-state index in [4.69, 9.17) is 10.5 Å². The first kappa shape index (κ1) is 15.6. The number of anilines is 2. The fraction of sp³-hybridized carbons (Fsp3) is 0.235. The number of nitrogen functional groups attached to an aromatic ring is 1. The highest BCUT2D eigenvalue weighted by molar-refractivity contribution is 5.99. The maximum atomic E-state index is 12.1. The maximum absolute atomic E-state index is 12.1. The second kappa shape index (κ2) is 6.08. The van der Waals surface area contributed by atoms with Gasteiger partial charge in [0.15, 0.2) is 5.69 Å². The predicted octanol–water partition coefficient (Wildman–Crippen LogP) is 1.84. The number of nitriles is 1. The molecule has 7 heteroatoms. The minimum atomic E-state index is -0.642. The van der Waals surface area contributed by atoms with Crippen LogP contribution in [0.5, 0.6) is 0 Å². The number of nitrogens with two attached hydrogens (primary N) is 1. The van der Waals surface area contributed by atoms with E-state index >= 15 is 0 Å². The molecule has 1 aliphatic rings. The zero-order valence-electron chi connectivity index (χ0n) is 13.2. The molecule has 122 valence electrons. The highest BCUT2D eigenvalue weighted by Gasteiger charge is 2.27. The molecule has 1 saturated heterocycles. The molecule has 1 aliphatic heterocycles. The lowest BCUT2D eigenvalue weighted by Gasteiger charge is -2.21. The summed E-state index contributed by atoms with van der Waals surface area (Å²) in [5, 5.41) is 9.22. The zero-order chi connectivity index (χ0) is 17.3. The summed E-state index contributed by atoms with van der Waals surface area (Å²) < 4.78 is 6.31. The molecule has 1 aromatic carbocycles. The summed E-state index contributed by atoms with van der Waals surface area (Å²) in [6.07, 6.45) is 2.77. The van der Waals surface area contributed by atoms with Crippen LogP contribution in [0.4, 0.5) is 11.4 Å². The normalized spacial score (nSPS) is 13.8. The van der Waals surface area contributed by atoms with Crippen molar-refractivity contribution < 1.29 is 14.3 Å². The Morgan fingerprint density at radius 1 is 1.33 bits per heavy atom. The molecule has 1 amide bonds. The van der Waals surface area contributed by atoms with Gasteiger partial charge in [-0.15, -0.1) is 0 Å². The lowest BCUT2D eigenvalue weighted by molar-refractivity contribution is -0.117. The topological polar surface area (TPSA) is 101 Å². The first-order valence-electron chi connectivity index (χ1n) is 7.47. The van der Waals surface area contributed by atoms with E-state index in [-0.39, 0.29) is 22.9 Å². The molecule has 0 saturated carbocycles. The Labute approximate surface area is 138 Å². The zero-order valence-corrected chi connectivity index (χ0v) is 13.2. The number of aromatic nitrogens is 1. The average Bonchev–Trinajstić information content (AvgIpc) is 3.17. The van der Waals surface area contributed by atoms with Crippen LogP contribution in [0.25, 0.3) is 5.69 Å². The van der Waals surface area contributed by atoms with E-state index in [0.29, 0.717) is 24.3 Å². The molecular weight excluding hydrogens is 308 g/mol. The van der Waals surface area contributed by atoms with Crippen molar-refractivity contribution >= 4 is 23.3 Å². The second-order valence-electron chi connectivity index (χ2n) is 5.42. The third kappa shape index (κ3) is 2.38. The van der Waals surface area contributed by atoms with E-state index < -0.39 is 5.97 Å². The van der Waals surface area contributed by atoms with E-state index in [9.17, 15) is 14.9 Å². The van der Waals surface area contributed by atoms with Crippen LogP contribution in [0, 0.1) is 11.3 Å². The van der Waals surface area contributed by atoms with Crippen molar-refractivity contribution in [2.75, 3.05) is 24.3 Å². The molecule has 0 radical (unpaired) electrons. The third-order valence-electron chi connectivity index (χ3n) is 4.05. The van der Waals surface area contributed by atoms with E-state index in [1.807, 2.05) is 18.2 Å². The van der Waals surface area contributed by atoms with Gasteiger partial charge in [-0.2, -0.15) is 5.26 Å². The maximum Gasteiger partial charge on any atom is 0.357 e. The molecule has 0 unspecified atom stereocenters. The van der Waals surface area contributed by atoms with Gasteiger partial charge in [0, 0.05) is 19.2 Å². The van der Waals surface area contributed by atoms with Crippen LogP contribution in [0.2, 0.25) is 0 Å². The van der Waals surface area contributed by atoms with Crippen LogP contribution >= 0.6 is 0 Å². The van der Waals surface area contributed by atoms with Crippen molar-refractivity contribution in [3.63, 3.8) is 0 Å². The van der Waals surface area contributed by atoms with Crippen molar-refractivity contribution in [2.24, 2.45) is 0 Å². The van der Waals surface area contributed by atoms with Gasteiger partial charge in [0.25, 0.3) is 0 Å². The van der Waals surface area contributed by atoms with E-state index in [1.54, 1.807) is 17.0 Å². The molecule has 24 heavy (non-hydrogen) atoms. The number of para-hydroxylation sites is 2. The number of rotatable bonds is 3. The number of esters is 1. The molecule has 1 aromatic heterocycles. The van der Waals surface area contributed by atoms with Gasteiger partial charge >= 0.3 is 5.97 Å². The number of carbonyl (C=O) groups is 2. The molecule has 3 rings (SSSR count). The van der Waals surface area contributed by atoms with E-state index in [2.05, 4.69) is 0 Å². The number of hydrogen-bond acceptors (Lipinski definition) is 5. The Bertz CT molecular complexity index is 863. The summed E-state index contributed by atoms with van der Waals surface area (Å²) in [6, 6.07) is 9.16. The van der Waals surface area contributed by atoms with Crippen molar-refractivity contribution in [3.8, 4) is 11.8 Å². The molecule has 0 bridgehead atoms. The molecule has 7 nitrogen and oxygen atoms in total. The van der Waals surface area contributed by atoms with Crippen molar-refractivity contribution in [3.05, 3.63) is 41.7 Å². The summed E-state index contributed by atoms with van der Waals surface area (Å²) in [5.41, 5.74) is 7.52. The summed E-state index contributed by atoms with van der Waals surface area (Å²) >= 11 is 0. The first-order valence-corrected chi connectivity index (χ1v) is 7.47. The van der Waals surface area contributed by atoms with Crippen LogP contribution in [-0.2, 0) is 9.53 Å². The summed E-state index contributed by atoms with van der Waals surface area (Å²) in [6.45, 7) is 0.616. The Hall–Kier alpha value is -3.27. The minimum absolute atomic E-state index is 0.0303. The fourth-order valence-corrected chi connectivity index (χ4v) is 2.90. The Morgan fingerprint density at radius 2 is 2.04 bits per heavy atom. The van der Waals surface area contributed by atoms with Gasteiger partial charge in [0.05, 0.1) is 29.7 Å². The number of carbonyl (C=O) groups excluding carboxylic acids is 2. The SMILES string of the molecule is COC(=O)c1c(N)c(C#N)cn1-c1ccccc1N1CCCC1=O. The van der Waals surface area contributed by atoms with Crippen molar-refractivity contribution in [2.45, 2.75) is 12.8 Å². The van der Waals surface area contributed by atoms with Crippen LogP contribution in [0.1, 0.15) is 28.9 Å². The third-order valence-corrected chi connectivity index (χ3v) is 4.05. The molecule has 1 fully saturated rings. The van der Waals surface area contributed by atoms with Crippen LogP contribution in [-0.4, -0.2) is 30.1 Å². The molecular formula is C17H16N4O3. The lowest BCUT2D eigenvalue weighted by Crippen LogP contribution is -2.25. The second-order valence-corrected chi connectivity index (χ2v) is 5.42. The monoisotopic (exact) mass is 324 g/mol. The number of benzene rings is 1. The van der Waals surface area contributed by atoms with Crippen LogP contribution in [0.15, 0.2) is 30.5 Å². The van der Waals surface area contributed by atoms with Crippen molar-refractivity contribution in [1.82, 2.24) is 4.57 Å². The number of nitrogens with zero attached hydrogens (tertiary/aromatic N) is 3. The lowest BCUT2D eigenvalue weighted by atomic mass is 10.2. The molecule has 0 atom stereocenters. The number of ether oxygens (including phenoxy) is 1. The van der Waals surface area contributed by atoms with Crippen LogP contribution in [0.3, 0.4) is 0 Å². The van der Waals surface area contributed by atoms with Gasteiger partial charge in [0.1, 0.15) is 6.07 Å². The minimum Gasteiger partial charge on any atom is -0.464 e. The molecule has 2 heterocycles. The standard InChI is InChI=1S/C17H16N4O3/c1-24-17(23)16-15(19)11(9-18)10-21(16)13-6-3-2-5-12(13)20-8-4-7-14(20)22/h2-3,5-6,10H,4,7-8,19H2,1H3. The van der Waals surface area contributed by atoms with Gasteiger partial charge in [-0.3, -0.25) is 4.79 Å². The quantitative estimate of drug-likeness (QED) is 0.868. The van der Waals surface area contributed by atoms with Gasteiger partial charge in [-0.25, -0.2) is 4.79 Å². The van der Waals surface area contributed by atoms with Gasteiger partial charge < -0.3 is 19.9 Å². The summed E-state index contributed by atoms with van der Waals surface area (Å²) in [4.78, 5) is 25.9. The largest absolute Gasteiger partial charge is 0.464 e. The summed E-state index contributed by atoms with van der Waals surface area (Å²) in [7, 11) is 1.25. The highest BCUT2D eigenvalue weighted by Crippen LogP contribution is 2.32. The van der Waals surface area contributed by atoms with Crippen molar-refractivity contribution in [1.29, 1.82) is 5.26 Å². The molecule has 0 aliphatic carbocycles. The van der Waals surface area contributed by atoms with Gasteiger partial charge in [-0.05, 0) is 18.6 Å². The van der Waals surface area contributed by atoms with E-state index in [0.717, 1.165) is 6.42 Å². The summed E-state index contributed by atoms with van der Waals surface area (Å²) in [5.74, 6) is -0.612. The molecule has 2 N–H and O–H groups in total. The predicted molar refractivity (Wildman–Crippen MR) is 87.8 cm³/mol. The van der Waals surface area contributed by atoms with E-state index in [1.165, 1.54) is 17.9 Å². The number of amides is 1. The fourth-order valence-electron chi connectivity index (χ4n) is 2.90. The Balaban J connectivity index is 2.22. The van der Waals surface area contributed by atoms with Crippen LogP contribution < -0.4 is 10.6 Å².